The van der Waals surface area contributed by atoms with E-state index in [1.807, 2.05) is 12.1 Å². The van der Waals surface area contributed by atoms with Crippen LogP contribution in [0.1, 0.15) is 161 Å². The van der Waals surface area contributed by atoms with Gasteiger partial charge in [0, 0.05) is 25.6 Å². The maximum atomic E-state index is 7.14. The lowest BCUT2D eigenvalue weighted by molar-refractivity contribution is -0.269. The molecule has 6 unspecified atom stereocenters. The highest BCUT2D eigenvalue weighted by atomic mass is 16.7. The van der Waals surface area contributed by atoms with Crippen molar-refractivity contribution in [2.24, 2.45) is 0 Å². The predicted octanol–water partition coefficient (Wildman–Crippen LogP) is 22.9. The van der Waals surface area contributed by atoms with E-state index in [2.05, 4.69) is 376 Å². The number of hydrogen-bond acceptors (Lipinski definition) is 6. The maximum absolute atomic E-state index is 7.14. The fourth-order valence-electron chi connectivity index (χ4n) is 14.2. The molecular weight excluding hydrogens is 1210 g/mol. The smallest absolute Gasteiger partial charge is 0.109 e. The molecule has 99 heavy (non-hydrogen) atoms. The van der Waals surface area contributed by atoms with E-state index < -0.39 is 5.60 Å². The molecule has 6 atom stereocenters. The summed E-state index contributed by atoms with van der Waals surface area (Å²) in [7, 11) is 0. The van der Waals surface area contributed by atoms with E-state index >= 15 is 0 Å². The Bertz CT molecular complexity index is 4230. The van der Waals surface area contributed by atoms with Gasteiger partial charge in [-0.3, -0.25) is 14.5 Å². The summed E-state index contributed by atoms with van der Waals surface area (Å²) in [4.78, 5) is 20.7. The Labute approximate surface area is 589 Å². The summed E-state index contributed by atoms with van der Waals surface area (Å²) in [5, 5.41) is 6.67. The van der Waals surface area contributed by atoms with Crippen LogP contribution in [0.2, 0.25) is 0 Å². The Hall–Kier alpha value is -9.60. The monoisotopic (exact) mass is 1300 g/mol. The highest BCUT2D eigenvalue weighted by Gasteiger charge is 2.37. The number of aryl methyl sites for hydroxylation is 2. The van der Waals surface area contributed by atoms with Crippen molar-refractivity contribution in [1.82, 2.24) is 15.2 Å². The van der Waals surface area contributed by atoms with Gasteiger partial charge in [-0.1, -0.05) is 352 Å². The Kier molecular flexibility index (Phi) is 25.0. The lowest BCUT2D eigenvalue weighted by Gasteiger charge is -2.41. The standard InChI is InChI=1S/C34H35NO.C30H31NO.C29H29NO/c1-3-13-26(14-4-1)25-35(36-33-24-12-20-28-16-8-10-22-31(28)33)34(29-17-5-2-6-18-29)32-23-11-19-27-15-7-9-21-30(27)32;1-30(2,28-21-13-6-14-22-28)32-31(24-26-17-9-4-10-18-26)29(27-19-11-5-12-20-27)23-25-15-7-3-8-16-25;1-24(27-18-10-4-11-19-27)31-30(23-26-16-8-3-9-17-26)29(28-20-12-5-13-21-28)22-25-14-6-2-7-15-25/h1-10,13-18,21-22,32-34H,11-12,19-20,23-25H2;3-22,29H,23-24H2,1-2H3;2-21,24,29H,22-23H2,1H3. The second-order valence-corrected chi connectivity index (χ2v) is 26.8. The number of hydrogen-bond donors (Lipinski definition) is 0. The lowest BCUT2D eigenvalue weighted by Crippen LogP contribution is -2.37. The van der Waals surface area contributed by atoms with E-state index in [-0.39, 0.29) is 30.3 Å². The quantitative estimate of drug-likeness (QED) is 0.0531. The summed E-state index contributed by atoms with van der Waals surface area (Å²) in [5.41, 5.74) is 17.8. The van der Waals surface area contributed by atoms with Gasteiger partial charge in [-0.2, -0.15) is 15.2 Å². The molecule has 500 valence electrons. The minimum atomic E-state index is -0.472. The van der Waals surface area contributed by atoms with Gasteiger partial charge in [0.2, 0.25) is 0 Å². The SMILES string of the molecule is CC(C)(ON(Cc1ccccc1)C(Cc1ccccc1)c1ccccc1)c1ccccc1.CC(ON(Cc1ccccc1)C(Cc1ccccc1)c1ccccc1)c1ccccc1.c1ccc(CN(OC2CCCc3ccccc32)C(c2ccccc2)C2CCCc3ccccc32)cc1. The number of hydroxylamine groups is 6. The van der Waals surface area contributed by atoms with Gasteiger partial charge >= 0.3 is 0 Å². The fourth-order valence-corrected chi connectivity index (χ4v) is 14.2. The van der Waals surface area contributed by atoms with Crippen molar-refractivity contribution in [3.05, 3.63) is 430 Å². The first kappa shape index (κ1) is 69.3. The Morgan fingerprint density at radius 1 is 0.343 bits per heavy atom. The topological polar surface area (TPSA) is 37.4 Å². The van der Waals surface area contributed by atoms with Gasteiger partial charge in [0.05, 0.1) is 18.1 Å². The largest absolute Gasteiger partial charge is 0.290 e. The number of nitrogens with zero attached hydrogens (tertiary/aromatic N) is 3. The molecule has 2 aliphatic carbocycles. The van der Waals surface area contributed by atoms with Gasteiger partial charge in [-0.25, -0.2) is 0 Å². The van der Waals surface area contributed by atoms with Gasteiger partial charge in [-0.15, -0.1) is 0 Å². The molecule has 6 nitrogen and oxygen atoms in total. The Balaban J connectivity index is 0.000000142. The average Bonchev–Trinajstić information content (AvgIpc) is 0.786. The van der Waals surface area contributed by atoms with Crippen LogP contribution in [0, 0.1) is 0 Å². The van der Waals surface area contributed by atoms with Crippen LogP contribution in [-0.4, -0.2) is 15.2 Å². The molecule has 0 heterocycles. The van der Waals surface area contributed by atoms with Crippen molar-refractivity contribution >= 4 is 0 Å². The normalized spacial score (nSPS) is 15.4. The van der Waals surface area contributed by atoms with Gasteiger partial charge in [0.25, 0.3) is 0 Å². The molecule has 0 radical (unpaired) electrons. The van der Waals surface area contributed by atoms with Gasteiger partial charge in [-0.05, 0) is 150 Å². The van der Waals surface area contributed by atoms with Crippen molar-refractivity contribution in [2.45, 2.75) is 134 Å². The average molecular weight is 1300 g/mol. The van der Waals surface area contributed by atoms with Crippen LogP contribution >= 0.6 is 0 Å². The molecule has 0 N–H and O–H groups in total. The number of benzene rings is 12. The molecule has 0 saturated carbocycles. The van der Waals surface area contributed by atoms with Crippen molar-refractivity contribution in [3.63, 3.8) is 0 Å². The minimum absolute atomic E-state index is 0.0492. The molecule has 12 aromatic rings. The summed E-state index contributed by atoms with van der Waals surface area (Å²) < 4.78 is 0. The van der Waals surface area contributed by atoms with Crippen molar-refractivity contribution in [3.8, 4) is 0 Å². The zero-order valence-electron chi connectivity index (χ0n) is 57.8. The van der Waals surface area contributed by atoms with Crippen LogP contribution < -0.4 is 0 Å². The van der Waals surface area contributed by atoms with E-state index in [4.69, 9.17) is 14.5 Å². The van der Waals surface area contributed by atoms with Gasteiger partial charge in [0.15, 0.2) is 0 Å². The first-order valence-corrected chi connectivity index (χ1v) is 35.7. The molecule has 2 aliphatic rings. The van der Waals surface area contributed by atoms with Gasteiger partial charge in [0.1, 0.15) is 17.8 Å². The molecule has 0 saturated heterocycles. The summed E-state index contributed by atoms with van der Waals surface area (Å²) >= 11 is 0. The van der Waals surface area contributed by atoms with Crippen LogP contribution in [0.5, 0.6) is 0 Å². The zero-order valence-corrected chi connectivity index (χ0v) is 57.8. The van der Waals surface area contributed by atoms with E-state index in [1.165, 1.54) is 98.0 Å². The fraction of sp³-hybridized carbons (Fsp3) is 0.226. The van der Waals surface area contributed by atoms with E-state index in [0.29, 0.717) is 19.0 Å². The molecule has 14 rings (SSSR count). The third-order valence-corrected chi connectivity index (χ3v) is 19.4. The van der Waals surface area contributed by atoms with Crippen molar-refractivity contribution < 1.29 is 14.5 Å². The van der Waals surface area contributed by atoms with Crippen LogP contribution in [0.3, 0.4) is 0 Å². The third-order valence-electron chi connectivity index (χ3n) is 19.4. The van der Waals surface area contributed by atoms with Crippen LogP contribution in [0.25, 0.3) is 0 Å². The molecule has 0 amide bonds. The first-order valence-electron chi connectivity index (χ1n) is 35.7. The van der Waals surface area contributed by atoms with E-state index in [1.54, 1.807) is 0 Å². The van der Waals surface area contributed by atoms with Crippen LogP contribution in [0.15, 0.2) is 352 Å². The molecule has 0 spiro atoms. The third kappa shape index (κ3) is 19.6. The summed E-state index contributed by atoms with van der Waals surface area (Å²) in [6.45, 7) is 8.58. The zero-order chi connectivity index (χ0) is 67.7. The Morgan fingerprint density at radius 2 is 0.687 bits per heavy atom. The number of fused-ring (bicyclic) bond motifs is 2. The first-order chi connectivity index (χ1) is 48.8. The summed E-state index contributed by atoms with van der Waals surface area (Å²) in [6.07, 6.45) is 8.71. The van der Waals surface area contributed by atoms with E-state index in [0.717, 1.165) is 37.8 Å². The minimum Gasteiger partial charge on any atom is -0.290 e. The van der Waals surface area contributed by atoms with E-state index in [9.17, 15) is 0 Å². The maximum Gasteiger partial charge on any atom is 0.109 e. The molecule has 0 aliphatic heterocycles. The molecule has 6 heteroatoms. The predicted molar refractivity (Wildman–Crippen MR) is 406 cm³/mol. The highest BCUT2D eigenvalue weighted by molar-refractivity contribution is 5.38. The second kappa shape index (κ2) is 35.8. The van der Waals surface area contributed by atoms with Crippen LogP contribution in [-0.2, 0) is 65.4 Å². The Morgan fingerprint density at radius 3 is 1.16 bits per heavy atom. The molecule has 0 aromatic heterocycles. The molecular formula is C93H95N3O3. The number of rotatable bonds is 25. The molecule has 12 aromatic carbocycles. The van der Waals surface area contributed by atoms with Crippen LogP contribution in [0.4, 0.5) is 0 Å². The van der Waals surface area contributed by atoms with Crippen molar-refractivity contribution in [2.75, 3.05) is 0 Å². The molecule has 0 fully saturated rings. The highest BCUT2D eigenvalue weighted by Crippen LogP contribution is 2.46. The lowest BCUT2D eigenvalue weighted by atomic mass is 9.76. The summed E-state index contributed by atoms with van der Waals surface area (Å²) in [6, 6.07) is 125. The summed E-state index contributed by atoms with van der Waals surface area (Å²) in [5.74, 6) is 0.389. The van der Waals surface area contributed by atoms with Gasteiger partial charge < -0.3 is 0 Å². The molecule has 0 bridgehead atoms. The second-order valence-electron chi connectivity index (χ2n) is 26.8. The van der Waals surface area contributed by atoms with Crippen molar-refractivity contribution in [1.29, 1.82) is 0 Å².